The molecule has 1 aliphatic rings. The monoisotopic (exact) mass is 490 g/mol. The first-order valence-corrected chi connectivity index (χ1v) is 10.5. The number of Topliss-reactive ketones (excluding diaryl/α,β-unsaturated/α-hetero) is 1. The zero-order chi connectivity index (χ0) is 25.6. The van der Waals surface area contributed by atoms with Crippen LogP contribution in [0.4, 0.5) is 17.6 Å². The second-order valence-electron chi connectivity index (χ2n) is 8.82. The smallest absolute Gasteiger partial charge is 0.308 e. The molecule has 0 aliphatic carbocycles. The molecule has 1 N–H and O–H groups in total. The van der Waals surface area contributed by atoms with Gasteiger partial charge in [0.05, 0.1) is 6.42 Å². The minimum absolute atomic E-state index is 0.0131. The topological polar surface area (TPSA) is 102 Å². The second kappa shape index (κ2) is 11.3. The number of nitrogens with one attached hydrogen (secondary N) is 1. The lowest BCUT2D eigenvalue weighted by Gasteiger charge is -2.29. The molecule has 0 bridgehead atoms. The van der Waals surface area contributed by atoms with Crippen LogP contribution >= 0.6 is 0 Å². The van der Waals surface area contributed by atoms with Crippen molar-refractivity contribution in [1.82, 2.24) is 10.2 Å². The average Bonchev–Trinajstić information content (AvgIpc) is 2.75. The van der Waals surface area contributed by atoms with Gasteiger partial charge in [0, 0.05) is 25.1 Å². The number of ether oxygens (including phenoxy) is 2. The van der Waals surface area contributed by atoms with Crippen molar-refractivity contribution in [1.29, 1.82) is 0 Å². The number of halogens is 4. The molecule has 12 heteroatoms. The number of benzene rings is 1. The molecule has 0 saturated carbocycles. The Morgan fingerprint density at radius 3 is 2.18 bits per heavy atom. The van der Waals surface area contributed by atoms with E-state index >= 15 is 0 Å². The highest BCUT2D eigenvalue weighted by Crippen LogP contribution is 2.26. The molecular formula is C22H26F4N2O6. The average molecular weight is 490 g/mol. The van der Waals surface area contributed by atoms with Crippen LogP contribution in [0.15, 0.2) is 6.07 Å². The maximum Gasteiger partial charge on any atom is 0.308 e. The molecule has 0 aromatic heterocycles. The third-order valence-corrected chi connectivity index (χ3v) is 4.98. The number of likely N-dealkylation sites (tertiary alicyclic amines) is 1. The van der Waals surface area contributed by atoms with Gasteiger partial charge in [-0.25, -0.2) is 8.78 Å². The van der Waals surface area contributed by atoms with E-state index in [1.807, 2.05) is 0 Å². The number of hydrogen-bond acceptors (Lipinski definition) is 6. The number of hydrogen-bond donors (Lipinski definition) is 1. The molecule has 1 aromatic rings. The Morgan fingerprint density at radius 1 is 1.12 bits per heavy atom. The lowest BCUT2D eigenvalue weighted by Crippen LogP contribution is -2.49. The first-order valence-electron chi connectivity index (χ1n) is 10.5. The van der Waals surface area contributed by atoms with Crippen LogP contribution in [0, 0.1) is 29.2 Å². The second-order valence-corrected chi connectivity index (χ2v) is 8.82. The minimum atomic E-state index is -1.83. The Kier molecular flexibility index (Phi) is 9.00. The molecule has 0 spiro atoms. The summed E-state index contributed by atoms with van der Waals surface area (Å²) < 4.78 is 64.2. The van der Waals surface area contributed by atoms with Crippen molar-refractivity contribution in [3.63, 3.8) is 0 Å². The summed E-state index contributed by atoms with van der Waals surface area (Å²) in [6.07, 6.45) is 0.704. The van der Waals surface area contributed by atoms with Crippen LogP contribution in [0.3, 0.4) is 0 Å². The van der Waals surface area contributed by atoms with Crippen LogP contribution in [0.2, 0.25) is 0 Å². The van der Waals surface area contributed by atoms with Gasteiger partial charge in [-0.2, -0.15) is 8.78 Å². The predicted molar refractivity (Wildman–Crippen MR) is 110 cm³/mol. The number of esters is 1. The van der Waals surface area contributed by atoms with Crippen molar-refractivity contribution in [3.8, 4) is 5.75 Å². The Bertz CT molecular complexity index is 916. The summed E-state index contributed by atoms with van der Waals surface area (Å²) in [5.74, 6) is -11.5. The van der Waals surface area contributed by atoms with Crippen LogP contribution < -0.4 is 10.1 Å². The first kappa shape index (κ1) is 27.1. The van der Waals surface area contributed by atoms with Crippen LogP contribution in [-0.4, -0.2) is 60.3 Å². The summed E-state index contributed by atoms with van der Waals surface area (Å²) >= 11 is 0. The number of nitrogens with zero attached hydrogens (tertiary/aromatic N) is 1. The van der Waals surface area contributed by atoms with E-state index in [4.69, 9.17) is 4.74 Å². The number of piperidine rings is 1. The molecule has 2 amide bonds. The summed E-state index contributed by atoms with van der Waals surface area (Å²) in [4.78, 5) is 49.9. The highest BCUT2D eigenvalue weighted by atomic mass is 19.2. The van der Waals surface area contributed by atoms with Crippen molar-refractivity contribution in [3.05, 3.63) is 29.3 Å². The molecule has 2 rings (SSSR count). The van der Waals surface area contributed by atoms with Gasteiger partial charge in [-0.15, -0.1) is 0 Å². The highest BCUT2D eigenvalue weighted by Gasteiger charge is 2.32. The van der Waals surface area contributed by atoms with Gasteiger partial charge in [0.2, 0.25) is 24.0 Å². The normalized spacial score (nSPS) is 15.4. The number of ketones is 1. The van der Waals surface area contributed by atoms with Crippen LogP contribution in [0.25, 0.3) is 0 Å². The summed E-state index contributed by atoms with van der Waals surface area (Å²) in [6, 6.07) is -1.50. The van der Waals surface area contributed by atoms with Crippen molar-refractivity contribution < 1.29 is 46.2 Å². The number of carbonyl (C=O) groups is 4. The number of amides is 2. The Hall–Kier alpha value is -3.18. The van der Waals surface area contributed by atoms with E-state index in [2.05, 4.69) is 10.1 Å². The zero-order valence-electron chi connectivity index (χ0n) is 19.0. The van der Waals surface area contributed by atoms with Gasteiger partial charge in [0.1, 0.15) is 18.2 Å². The third kappa shape index (κ3) is 7.42. The first-order chi connectivity index (χ1) is 15.8. The van der Waals surface area contributed by atoms with Gasteiger partial charge in [-0.05, 0) is 33.6 Å². The summed E-state index contributed by atoms with van der Waals surface area (Å²) in [5, 5.41) is 2.41. The van der Waals surface area contributed by atoms with Crippen LogP contribution in [0.1, 0.15) is 40.0 Å². The Balaban J connectivity index is 2.13. The molecule has 1 aromatic carbocycles. The molecule has 0 radical (unpaired) electrons. The van der Waals surface area contributed by atoms with Gasteiger partial charge < -0.3 is 19.7 Å². The van der Waals surface area contributed by atoms with E-state index < -0.39 is 77.3 Å². The van der Waals surface area contributed by atoms with Crippen molar-refractivity contribution in [2.45, 2.75) is 51.7 Å². The molecular weight excluding hydrogens is 464 g/mol. The fourth-order valence-electron chi connectivity index (χ4n) is 3.27. The van der Waals surface area contributed by atoms with Crippen molar-refractivity contribution in [2.75, 3.05) is 19.7 Å². The zero-order valence-corrected chi connectivity index (χ0v) is 19.0. The maximum atomic E-state index is 13.8. The fourth-order valence-corrected chi connectivity index (χ4v) is 3.27. The molecule has 1 atom stereocenters. The largest absolute Gasteiger partial charge is 0.479 e. The van der Waals surface area contributed by atoms with Crippen molar-refractivity contribution >= 4 is 24.1 Å². The van der Waals surface area contributed by atoms with Gasteiger partial charge in [-0.1, -0.05) is 0 Å². The molecule has 1 aliphatic heterocycles. The third-order valence-electron chi connectivity index (χ3n) is 4.98. The quantitative estimate of drug-likeness (QED) is 0.247. The Morgan fingerprint density at radius 2 is 1.68 bits per heavy atom. The van der Waals surface area contributed by atoms with Gasteiger partial charge >= 0.3 is 5.97 Å². The molecule has 8 nitrogen and oxygen atoms in total. The van der Waals surface area contributed by atoms with E-state index in [-0.39, 0.29) is 6.07 Å². The minimum Gasteiger partial charge on any atom is -0.479 e. The van der Waals surface area contributed by atoms with E-state index in [0.29, 0.717) is 32.3 Å². The van der Waals surface area contributed by atoms with E-state index in [9.17, 15) is 36.7 Å². The van der Waals surface area contributed by atoms with E-state index in [1.54, 1.807) is 20.8 Å². The fraction of sp³-hybridized carbons (Fsp3) is 0.545. The molecule has 1 unspecified atom stereocenters. The lowest BCUT2D eigenvalue weighted by atomic mass is 9.95. The number of carbonyl (C=O) groups excluding carboxylic acids is 4. The molecule has 1 heterocycles. The highest BCUT2D eigenvalue weighted by molar-refractivity contribution is 5.93. The molecule has 188 valence electrons. The lowest BCUT2D eigenvalue weighted by molar-refractivity contribution is -0.156. The van der Waals surface area contributed by atoms with E-state index in [0.717, 1.165) is 0 Å². The molecule has 34 heavy (non-hydrogen) atoms. The predicted octanol–water partition coefficient (Wildman–Crippen LogP) is 2.28. The van der Waals surface area contributed by atoms with Crippen LogP contribution in [-0.2, 0) is 23.9 Å². The van der Waals surface area contributed by atoms with Gasteiger partial charge in [0.25, 0.3) is 0 Å². The molecule has 1 fully saturated rings. The maximum absolute atomic E-state index is 13.8. The van der Waals surface area contributed by atoms with Crippen LogP contribution in [0.5, 0.6) is 5.75 Å². The van der Waals surface area contributed by atoms with Gasteiger partial charge in [0.15, 0.2) is 23.2 Å². The molecule has 1 saturated heterocycles. The Labute approximate surface area is 193 Å². The van der Waals surface area contributed by atoms with E-state index in [1.165, 1.54) is 4.90 Å². The van der Waals surface area contributed by atoms with Crippen molar-refractivity contribution in [2.24, 2.45) is 5.92 Å². The SMILES string of the molecule is CC(C)(C)OC(=O)CC(NC(=O)C1CCN(C=O)CC1)C(=O)COc1c(F)c(F)cc(F)c1F. The summed E-state index contributed by atoms with van der Waals surface area (Å²) in [7, 11) is 0. The standard InChI is InChI=1S/C22H26F4N2O6/c1-22(2,3)34-17(31)9-15(27-21(32)12-4-6-28(11-29)7-5-12)16(30)10-33-20-18(25)13(23)8-14(24)19(20)26/h8,11-12,15H,4-7,9-10H2,1-3H3,(H,27,32). The van der Waals surface area contributed by atoms with Gasteiger partial charge in [-0.3, -0.25) is 19.2 Å². The number of rotatable bonds is 9. The summed E-state index contributed by atoms with van der Waals surface area (Å²) in [6.45, 7) is 4.35. The summed E-state index contributed by atoms with van der Waals surface area (Å²) in [5.41, 5.74) is -0.891.